The molecule has 128 valence electrons. The summed E-state index contributed by atoms with van der Waals surface area (Å²) >= 11 is 1.40. The molecule has 0 unspecified atom stereocenters. The van der Waals surface area contributed by atoms with E-state index >= 15 is 0 Å². The number of nitrogens with zero attached hydrogens (tertiary/aromatic N) is 3. The molecule has 4 rings (SSSR count). The normalized spacial score (nSPS) is 10.6. The van der Waals surface area contributed by atoms with Gasteiger partial charge in [0.1, 0.15) is 5.82 Å². The zero-order valence-electron chi connectivity index (χ0n) is 13.9. The first kappa shape index (κ1) is 16.2. The average Bonchev–Trinajstić information content (AvgIpc) is 3.38. The molecule has 0 aliphatic heterocycles. The van der Waals surface area contributed by atoms with Crippen LogP contribution in [0.15, 0.2) is 78.4 Å². The fraction of sp³-hybridized carbons (Fsp3) is 0.0500. The van der Waals surface area contributed by atoms with E-state index in [0.717, 1.165) is 11.1 Å². The van der Waals surface area contributed by atoms with Crippen LogP contribution in [0.5, 0.6) is 0 Å². The fourth-order valence-corrected chi connectivity index (χ4v) is 3.26. The van der Waals surface area contributed by atoms with E-state index in [-0.39, 0.29) is 5.91 Å². The van der Waals surface area contributed by atoms with Crippen molar-refractivity contribution in [2.45, 2.75) is 6.54 Å². The predicted molar refractivity (Wildman–Crippen MR) is 103 cm³/mol. The number of hydrogen-bond donors (Lipinski definition) is 1. The summed E-state index contributed by atoms with van der Waals surface area (Å²) < 4.78 is 1.43. The van der Waals surface area contributed by atoms with Gasteiger partial charge in [-0.2, -0.15) is 9.78 Å². The molecule has 0 fully saturated rings. The van der Waals surface area contributed by atoms with Crippen molar-refractivity contribution in [1.29, 1.82) is 0 Å². The topological polar surface area (TPSA) is 59.8 Å². The van der Waals surface area contributed by atoms with Crippen LogP contribution in [0.3, 0.4) is 0 Å². The van der Waals surface area contributed by atoms with Gasteiger partial charge in [0, 0.05) is 30.6 Å². The summed E-state index contributed by atoms with van der Waals surface area (Å²) in [6, 6.07) is 19.4. The van der Waals surface area contributed by atoms with Gasteiger partial charge in [0.25, 0.3) is 5.91 Å². The van der Waals surface area contributed by atoms with Crippen molar-refractivity contribution in [1.82, 2.24) is 14.8 Å². The summed E-state index contributed by atoms with van der Waals surface area (Å²) in [7, 11) is 0. The van der Waals surface area contributed by atoms with Crippen molar-refractivity contribution >= 4 is 23.1 Å². The first-order valence-electron chi connectivity index (χ1n) is 8.18. The van der Waals surface area contributed by atoms with Crippen LogP contribution in [-0.2, 0) is 6.54 Å². The largest absolute Gasteiger partial charge is 0.366 e. The Labute approximate surface area is 155 Å². The lowest BCUT2D eigenvalue weighted by Gasteiger charge is -2.08. The van der Waals surface area contributed by atoms with Gasteiger partial charge in [-0.25, -0.2) is 0 Å². The molecule has 1 N–H and O–H groups in total. The summed E-state index contributed by atoms with van der Waals surface area (Å²) in [5.41, 5.74) is 2.71. The third-order valence-corrected chi connectivity index (χ3v) is 4.77. The van der Waals surface area contributed by atoms with Gasteiger partial charge in [-0.15, -0.1) is 11.3 Å². The Morgan fingerprint density at radius 2 is 1.96 bits per heavy atom. The van der Waals surface area contributed by atoms with E-state index in [4.69, 9.17) is 0 Å². The van der Waals surface area contributed by atoms with Gasteiger partial charge in [0.15, 0.2) is 0 Å². The molecule has 26 heavy (non-hydrogen) atoms. The minimum atomic E-state index is -0.147. The lowest BCUT2D eigenvalue weighted by atomic mass is 10.2. The molecule has 0 saturated carbocycles. The van der Waals surface area contributed by atoms with E-state index in [1.54, 1.807) is 18.5 Å². The summed E-state index contributed by atoms with van der Waals surface area (Å²) in [6.45, 7) is 0.608. The standard InChI is InChI=1S/C20H16N4OS/c25-20(18-9-5-11-26-18)24-19(22-13-15-6-2-1-3-7-15)12-17(23-24)16-8-4-10-21-14-16/h1-12,14,22H,13H2. The Balaban J connectivity index is 1.68. The first-order chi connectivity index (χ1) is 12.8. The van der Waals surface area contributed by atoms with Crippen LogP contribution >= 0.6 is 11.3 Å². The van der Waals surface area contributed by atoms with Gasteiger partial charge >= 0.3 is 0 Å². The lowest BCUT2D eigenvalue weighted by Crippen LogP contribution is -2.16. The summed E-state index contributed by atoms with van der Waals surface area (Å²) in [5, 5.41) is 9.73. The highest BCUT2D eigenvalue weighted by atomic mass is 32.1. The lowest BCUT2D eigenvalue weighted by molar-refractivity contribution is 0.0952. The minimum absolute atomic E-state index is 0.147. The maximum Gasteiger partial charge on any atom is 0.290 e. The van der Waals surface area contributed by atoms with Crippen LogP contribution in [0.2, 0.25) is 0 Å². The van der Waals surface area contributed by atoms with E-state index < -0.39 is 0 Å². The van der Waals surface area contributed by atoms with Crippen LogP contribution in [0.4, 0.5) is 5.82 Å². The SMILES string of the molecule is O=C(c1cccs1)n1nc(-c2cccnc2)cc1NCc1ccccc1. The molecule has 6 heteroatoms. The fourth-order valence-electron chi connectivity index (χ4n) is 2.61. The molecule has 4 aromatic rings. The highest BCUT2D eigenvalue weighted by Gasteiger charge is 2.17. The van der Waals surface area contributed by atoms with Crippen molar-refractivity contribution in [2.24, 2.45) is 0 Å². The van der Waals surface area contributed by atoms with E-state index in [0.29, 0.717) is 22.9 Å². The van der Waals surface area contributed by atoms with Crippen molar-refractivity contribution in [3.8, 4) is 11.3 Å². The van der Waals surface area contributed by atoms with Gasteiger partial charge in [-0.05, 0) is 29.1 Å². The second-order valence-electron chi connectivity index (χ2n) is 5.69. The maximum atomic E-state index is 12.8. The van der Waals surface area contributed by atoms with E-state index in [1.807, 2.05) is 60.0 Å². The molecule has 0 aliphatic rings. The second kappa shape index (κ2) is 7.33. The molecule has 5 nitrogen and oxygen atoms in total. The summed E-state index contributed by atoms with van der Waals surface area (Å²) in [4.78, 5) is 17.6. The van der Waals surface area contributed by atoms with Gasteiger partial charge < -0.3 is 5.32 Å². The van der Waals surface area contributed by atoms with Gasteiger partial charge in [0.2, 0.25) is 0 Å². The molecular formula is C20H16N4OS. The number of thiophene rings is 1. The molecule has 0 saturated heterocycles. The number of nitrogens with one attached hydrogen (secondary N) is 1. The van der Waals surface area contributed by atoms with Gasteiger partial charge in [0.05, 0.1) is 10.6 Å². The number of hydrogen-bond acceptors (Lipinski definition) is 5. The quantitative estimate of drug-likeness (QED) is 0.576. The highest BCUT2D eigenvalue weighted by molar-refractivity contribution is 7.12. The Kier molecular flexibility index (Phi) is 4.57. The van der Waals surface area contributed by atoms with Crippen molar-refractivity contribution < 1.29 is 4.79 Å². The molecule has 0 atom stereocenters. The number of aromatic nitrogens is 3. The highest BCUT2D eigenvalue weighted by Crippen LogP contribution is 2.23. The molecule has 0 aliphatic carbocycles. The molecule has 3 heterocycles. The molecule has 0 spiro atoms. The molecule has 0 bridgehead atoms. The van der Waals surface area contributed by atoms with Crippen LogP contribution in [0.1, 0.15) is 15.2 Å². The maximum absolute atomic E-state index is 12.8. The van der Waals surface area contributed by atoms with E-state index in [2.05, 4.69) is 15.4 Å². The van der Waals surface area contributed by atoms with Crippen molar-refractivity contribution in [2.75, 3.05) is 5.32 Å². The van der Waals surface area contributed by atoms with E-state index in [9.17, 15) is 4.79 Å². The van der Waals surface area contributed by atoms with Crippen molar-refractivity contribution in [3.63, 3.8) is 0 Å². The average molecular weight is 360 g/mol. The predicted octanol–water partition coefficient (Wildman–Crippen LogP) is 4.31. The second-order valence-corrected chi connectivity index (χ2v) is 6.64. The molecular weight excluding hydrogens is 344 g/mol. The zero-order valence-corrected chi connectivity index (χ0v) is 14.7. The Hall–Kier alpha value is -3.25. The number of carbonyl (C=O) groups is 1. The number of anilines is 1. The third kappa shape index (κ3) is 3.41. The Morgan fingerprint density at radius 1 is 1.08 bits per heavy atom. The number of benzene rings is 1. The summed E-state index contributed by atoms with van der Waals surface area (Å²) in [5.74, 6) is 0.511. The molecule has 3 aromatic heterocycles. The van der Waals surface area contributed by atoms with Gasteiger partial charge in [-0.3, -0.25) is 9.78 Å². The molecule has 1 aromatic carbocycles. The number of pyridine rings is 1. The monoisotopic (exact) mass is 360 g/mol. The van der Waals surface area contributed by atoms with Crippen LogP contribution in [0.25, 0.3) is 11.3 Å². The third-order valence-electron chi connectivity index (χ3n) is 3.91. The smallest absolute Gasteiger partial charge is 0.290 e. The zero-order chi connectivity index (χ0) is 17.8. The van der Waals surface area contributed by atoms with Crippen LogP contribution < -0.4 is 5.32 Å². The first-order valence-corrected chi connectivity index (χ1v) is 9.06. The molecule has 0 radical (unpaired) electrons. The summed E-state index contributed by atoms with van der Waals surface area (Å²) in [6.07, 6.45) is 3.45. The Bertz CT molecular complexity index is 995. The molecule has 0 amide bonds. The van der Waals surface area contributed by atoms with E-state index in [1.165, 1.54) is 16.0 Å². The van der Waals surface area contributed by atoms with Crippen LogP contribution in [-0.4, -0.2) is 20.7 Å². The van der Waals surface area contributed by atoms with Gasteiger partial charge in [-0.1, -0.05) is 36.4 Å². The van der Waals surface area contributed by atoms with Crippen molar-refractivity contribution in [3.05, 3.63) is 88.9 Å². The Morgan fingerprint density at radius 3 is 2.69 bits per heavy atom. The number of carbonyl (C=O) groups excluding carboxylic acids is 1. The number of rotatable bonds is 5. The minimum Gasteiger partial charge on any atom is -0.366 e. The van der Waals surface area contributed by atoms with Crippen LogP contribution in [0, 0.1) is 0 Å².